The summed E-state index contributed by atoms with van der Waals surface area (Å²) >= 11 is 3.23. The summed E-state index contributed by atoms with van der Waals surface area (Å²) in [5, 5.41) is 11.0. The zero-order valence-corrected chi connectivity index (χ0v) is 11.0. The number of hydrogen-bond acceptors (Lipinski definition) is 2. The van der Waals surface area contributed by atoms with E-state index in [9.17, 15) is 18.0 Å². The third-order valence-electron chi connectivity index (χ3n) is 2.38. The van der Waals surface area contributed by atoms with Gasteiger partial charge in [0.1, 0.15) is 0 Å². The first-order valence-corrected chi connectivity index (χ1v) is 5.80. The second kappa shape index (κ2) is 5.60. The minimum absolute atomic E-state index is 0.480. The first-order chi connectivity index (χ1) is 8.21. The number of nitrogens with one attached hydrogen (secondary N) is 1. The quantitative estimate of drug-likeness (QED) is 0.891. The van der Waals surface area contributed by atoms with E-state index in [2.05, 4.69) is 21.2 Å². The van der Waals surface area contributed by atoms with E-state index in [0.717, 1.165) is 10.0 Å². The van der Waals surface area contributed by atoms with Gasteiger partial charge >= 0.3 is 12.1 Å². The first-order valence-electron chi connectivity index (χ1n) is 5.01. The zero-order valence-electron chi connectivity index (χ0n) is 9.38. The van der Waals surface area contributed by atoms with Gasteiger partial charge in [0.25, 0.3) is 0 Å². The van der Waals surface area contributed by atoms with Crippen LogP contribution in [0.1, 0.15) is 5.56 Å². The molecule has 100 valence electrons. The molecule has 3 nitrogen and oxygen atoms in total. The summed E-state index contributed by atoms with van der Waals surface area (Å²) in [5.41, 5.74) is 1.21. The van der Waals surface area contributed by atoms with Gasteiger partial charge < -0.3 is 10.4 Å². The van der Waals surface area contributed by atoms with Crippen LogP contribution in [-0.2, 0) is 4.79 Å². The molecule has 0 bridgehead atoms. The van der Waals surface area contributed by atoms with Crippen LogP contribution in [0.4, 0.5) is 18.9 Å². The van der Waals surface area contributed by atoms with E-state index >= 15 is 0 Å². The summed E-state index contributed by atoms with van der Waals surface area (Å²) < 4.78 is 38.0. The van der Waals surface area contributed by atoms with Crippen LogP contribution in [0.5, 0.6) is 0 Å². The van der Waals surface area contributed by atoms with Crippen LogP contribution in [0, 0.1) is 12.8 Å². The van der Waals surface area contributed by atoms with Gasteiger partial charge in [0.2, 0.25) is 0 Å². The third-order valence-corrected chi connectivity index (χ3v) is 2.87. The van der Waals surface area contributed by atoms with E-state index < -0.39 is 24.6 Å². The smallest absolute Gasteiger partial charge is 0.403 e. The lowest BCUT2D eigenvalue weighted by Crippen LogP contribution is -2.36. The standard InChI is InChI=1S/C11H11BrF3NO2/c1-6-4-7(12)2-3-9(6)16-5-8(10(17)18)11(13,14)15/h2-4,8,16H,5H2,1H3,(H,17,18). The summed E-state index contributed by atoms with van der Waals surface area (Å²) in [6.45, 7) is 1.03. The number of alkyl halides is 3. The van der Waals surface area contributed by atoms with Crippen molar-refractivity contribution in [2.75, 3.05) is 11.9 Å². The van der Waals surface area contributed by atoms with Crippen LogP contribution in [0.15, 0.2) is 22.7 Å². The van der Waals surface area contributed by atoms with Crippen molar-refractivity contribution in [2.45, 2.75) is 13.1 Å². The average molecular weight is 326 g/mol. The minimum atomic E-state index is -4.76. The van der Waals surface area contributed by atoms with Crippen molar-refractivity contribution in [1.29, 1.82) is 0 Å². The number of aliphatic carboxylic acids is 1. The van der Waals surface area contributed by atoms with Crippen molar-refractivity contribution in [3.8, 4) is 0 Å². The Bertz CT molecular complexity index is 448. The average Bonchev–Trinajstić information content (AvgIpc) is 2.18. The van der Waals surface area contributed by atoms with Crippen molar-refractivity contribution in [2.24, 2.45) is 5.92 Å². The van der Waals surface area contributed by atoms with Crippen LogP contribution in [0.3, 0.4) is 0 Å². The number of anilines is 1. The molecule has 0 fully saturated rings. The summed E-state index contributed by atoms with van der Waals surface area (Å²) in [6.07, 6.45) is -4.76. The molecule has 0 saturated heterocycles. The number of hydrogen-bond donors (Lipinski definition) is 2. The molecule has 0 saturated carbocycles. The molecule has 0 radical (unpaired) electrons. The van der Waals surface area contributed by atoms with Crippen molar-refractivity contribution < 1.29 is 23.1 Å². The van der Waals surface area contributed by atoms with Crippen molar-refractivity contribution in [1.82, 2.24) is 0 Å². The fraction of sp³-hybridized carbons (Fsp3) is 0.364. The lowest BCUT2D eigenvalue weighted by Gasteiger charge is -2.18. The molecule has 0 aliphatic rings. The van der Waals surface area contributed by atoms with E-state index in [4.69, 9.17) is 5.11 Å². The molecule has 0 spiro atoms. The second-order valence-corrected chi connectivity index (χ2v) is 4.69. The van der Waals surface area contributed by atoms with Gasteiger partial charge in [0, 0.05) is 16.7 Å². The predicted molar refractivity (Wildman–Crippen MR) is 64.5 cm³/mol. The van der Waals surface area contributed by atoms with Crippen LogP contribution in [-0.4, -0.2) is 23.8 Å². The van der Waals surface area contributed by atoms with Gasteiger partial charge in [-0.3, -0.25) is 4.79 Å². The first kappa shape index (κ1) is 14.8. The molecule has 1 atom stereocenters. The highest BCUT2D eigenvalue weighted by molar-refractivity contribution is 9.10. The third kappa shape index (κ3) is 3.90. The molecule has 0 aromatic heterocycles. The lowest BCUT2D eigenvalue weighted by atomic mass is 10.1. The molecular formula is C11H11BrF3NO2. The Hall–Kier alpha value is -1.24. The van der Waals surface area contributed by atoms with Gasteiger partial charge in [-0.25, -0.2) is 0 Å². The fourth-order valence-corrected chi connectivity index (χ4v) is 1.86. The molecule has 0 amide bonds. The molecule has 0 aliphatic heterocycles. The van der Waals surface area contributed by atoms with Crippen LogP contribution >= 0.6 is 15.9 Å². The summed E-state index contributed by atoms with van der Waals surface area (Å²) in [5.74, 6) is -4.30. The zero-order chi connectivity index (χ0) is 13.9. The monoisotopic (exact) mass is 325 g/mol. The highest BCUT2D eigenvalue weighted by Crippen LogP contribution is 2.27. The maximum atomic E-state index is 12.4. The predicted octanol–water partition coefficient (Wildman–Crippen LogP) is 3.43. The van der Waals surface area contributed by atoms with Gasteiger partial charge in [-0.1, -0.05) is 15.9 Å². The van der Waals surface area contributed by atoms with E-state index in [0.29, 0.717) is 5.69 Å². The molecule has 1 unspecified atom stereocenters. The van der Waals surface area contributed by atoms with E-state index in [1.807, 2.05) is 0 Å². The largest absolute Gasteiger partial charge is 0.481 e. The lowest BCUT2D eigenvalue weighted by molar-refractivity contribution is -0.190. The van der Waals surface area contributed by atoms with Crippen molar-refractivity contribution in [3.05, 3.63) is 28.2 Å². The maximum absolute atomic E-state index is 12.4. The van der Waals surface area contributed by atoms with E-state index in [-0.39, 0.29) is 0 Å². The Morgan fingerprint density at radius 3 is 2.56 bits per heavy atom. The van der Waals surface area contributed by atoms with Gasteiger partial charge in [0.15, 0.2) is 5.92 Å². The molecule has 7 heteroatoms. The maximum Gasteiger partial charge on any atom is 0.403 e. The van der Waals surface area contributed by atoms with E-state index in [1.165, 1.54) is 0 Å². The second-order valence-electron chi connectivity index (χ2n) is 3.77. The molecule has 0 heterocycles. The fourth-order valence-electron chi connectivity index (χ4n) is 1.38. The van der Waals surface area contributed by atoms with Gasteiger partial charge in [0.05, 0.1) is 0 Å². The number of benzene rings is 1. The molecular weight excluding hydrogens is 315 g/mol. The van der Waals surface area contributed by atoms with Gasteiger partial charge in [-0.15, -0.1) is 0 Å². The summed E-state index contributed by atoms with van der Waals surface area (Å²) in [7, 11) is 0. The highest BCUT2D eigenvalue weighted by atomic mass is 79.9. The molecule has 1 aromatic carbocycles. The molecule has 2 N–H and O–H groups in total. The van der Waals surface area contributed by atoms with Crippen molar-refractivity contribution >= 4 is 27.6 Å². The number of carboxylic acids is 1. The Kier molecular flexibility index (Phi) is 4.61. The van der Waals surface area contributed by atoms with Crippen LogP contribution in [0.2, 0.25) is 0 Å². The number of rotatable bonds is 4. The summed E-state index contributed by atoms with van der Waals surface area (Å²) in [6, 6.07) is 4.99. The van der Waals surface area contributed by atoms with Crippen LogP contribution in [0.25, 0.3) is 0 Å². The van der Waals surface area contributed by atoms with Gasteiger partial charge in [-0.05, 0) is 30.7 Å². The topological polar surface area (TPSA) is 49.3 Å². The Labute approximate surface area is 110 Å². The number of aryl methyl sites for hydroxylation is 1. The van der Waals surface area contributed by atoms with Crippen molar-refractivity contribution in [3.63, 3.8) is 0 Å². The highest BCUT2D eigenvalue weighted by Gasteiger charge is 2.44. The summed E-state index contributed by atoms with van der Waals surface area (Å²) in [4.78, 5) is 10.5. The number of carboxylic acid groups (broad SMARTS) is 1. The number of carbonyl (C=O) groups is 1. The normalized spacial score (nSPS) is 13.2. The van der Waals surface area contributed by atoms with Gasteiger partial charge in [-0.2, -0.15) is 13.2 Å². The molecule has 0 aliphatic carbocycles. The Morgan fingerprint density at radius 1 is 1.50 bits per heavy atom. The molecule has 1 rings (SSSR count). The minimum Gasteiger partial charge on any atom is -0.481 e. The molecule has 1 aromatic rings. The number of halogens is 4. The molecule has 18 heavy (non-hydrogen) atoms. The SMILES string of the molecule is Cc1cc(Br)ccc1NCC(C(=O)O)C(F)(F)F. The Morgan fingerprint density at radius 2 is 2.11 bits per heavy atom. The van der Waals surface area contributed by atoms with E-state index in [1.54, 1.807) is 25.1 Å². The Balaban J connectivity index is 2.77. The van der Waals surface area contributed by atoms with Crippen LogP contribution < -0.4 is 5.32 Å².